The van der Waals surface area contributed by atoms with Gasteiger partial charge in [-0.25, -0.2) is 4.79 Å². The molecule has 1 atom stereocenters. The van der Waals surface area contributed by atoms with Crippen molar-refractivity contribution in [2.45, 2.75) is 25.8 Å². The van der Waals surface area contributed by atoms with Crippen LogP contribution in [-0.4, -0.2) is 59.3 Å². The number of aromatic nitrogens is 2. The average molecular weight is 341 g/mol. The lowest BCUT2D eigenvalue weighted by molar-refractivity contribution is 0.204. The summed E-state index contributed by atoms with van der Waals surface area (Å²) in [5.74, 6) is 0.611. The van der Waals surface area contributed by atoms with E-state index in [4.69, 9.17) is 0 Å². The van der Waals surface area contributed by atoms with Crippen LogP contribution in [0, 0.1) is 6.92 Å². The first-order valence-electron chi connectivity index (χ1n) is 8.88. The van der Waals surface area contributed by atoms with Crippen LogP contribution in [0.4, 0.5) is 4.79 Å². The molecule has 6 heteroatoms. The van der Waals surface area contributed by atoms with Gasteiger partial charge in [0.2, 0.25) is 0 Å². The molecule has 1 aliphatic rings. The summed E-state index contributed by atoms with van der Waals surface area (Å²) >= 11 is 0. The molecule has 2 amide bonds. The first-order chi connectivity index (χ1) is 12.1. The van der Waals surface area contributed by atoms with Gasteiger partial charge in [-0.2, -0.15) is 5.10 Å². The van der Waals surface area contributed by atoms with Crippen LogP contribution < -0.4 is 5.32 Å². The number of nitrogens with zero attached hydrogens (tertiary/aromatic N) is 3. The van der Waals surface area contributed by atoms with Crippen molar-refractivity contribution in [3.8, 4) is 0 Å². The molecule has 1 aliphatic heterocycles. The number of amides is 2. The van der Waals surface area contributed by atoms with Crippen LogP contribution in [-0.2, 0) is 6.54 Å². The minimum Gasteiger partial charge on any atom is -0.337 e. The summed E-state index contributed by atoms with van der Waals surface area (Å²) in [6.07, 6.45) is 2.89. The predicted molar refractivity (Wildman–Crippen MR) is 98.4 cm³/mol. The smallest absolute Gasteiger partial charge is 0.317 e. The minimum absolute atomic E-state index is 0.0516. The highest BCUT2D eigenvalue weighted by Crippen LogP contribution is 2.28. The Labute approximate surface area is 149 Å². The van der Waals surface area contributed by atoms with E-state index in [-0.39, 0.29) is 6.03 Å². The Bertz CT molecular complexity index is 685. The molecule has 1 fully saturated rings. The monoisotopic (exact) mass is 341 g/mol. The third kappa shape index (κ3) is 4.60. The summed E-state index contributed by atoms with van der Waals surface area (Å²) < 4.78 is 0. The Morgan fingerprint density at radius 3 is 3.00 bits per heavy atom. The predicted octanol–water partition coefficient (Wildman–Crippen LogP) is 2.35. The highest BCUT2D eigenvalue weighted by molar-refractivity contribution is 5.73. The number of carbonyl (C=O) groups is 1. The number of likely N-dealkylation sites (tertiary alicyclic amines) is 1. The second-order valence-corrected chi connectivity index (χ2v) is 6.81. The molecular formula is C19H27N5O. The van der Waals surface area contributed by atoms with Crippen LogP contribution >= 0.6 is 0 Å². The molecule has 6 nitrogen and oxygen atoms in total. The molecule has 2 aromatic rings. The van der Waals surface area contributed by atoms with E-state index < -0.39 is 0 Å². The van der Waals surface area contributed by atoms with E-state index in [9.17, 15) is 4.79 Å². The fraction of sp³-hybridized carbons (Fsp3) is 0.474. The number of nitrogens with one attached hydrogen (secondary N) is 2. The molecule has 25 heavy (non-hydrogen) atoms. The fourth-order valence-electron chi connectivity index (χ4n) is 3.49. The third-order valence-corrected chi connectivity index (χ3v) is 4.92. The van der Waals surface area contributed by atoms with E-state index in [0.29, 0.717) is 19.0 Å². The second kappa shape index (κ2) is 8.16. The maximum atomic E-state index is 12.1. The fourth-order valence-corrected chi connectivity index (χ4v) is 3.49. The SMILES string of the molecule is Cc1ccccc1C1CCN(CCNC(=O)N(C)Cc2ccn[nH]2)C1. The molecule has 3 rings (SSSR count). The number of hydrogen-bond acceptors (Lipinski definition) is 3. The van der Waals surface area contributed by atoms with E-state index in [1.807, 2.05) is 6.07 Å². The van der Waals surface area contributed by atoms with Crippen molar-refractivity contribution in [1.82, 2.24) is 25.3 Å². The first kappa shape index (κ1) is 17.5. The Morgan fingerprint density at radius 2 is 2.24 bits per heavy atom. The summed E-state index contributed by atoms with van der Waals surface area (Å²) in [5.41, 5.74) is 3.77. The highest BCUT2D eigenvalue weighted by atomic mass is 16.2. The van der Waals surface area contributed by atoms with Gasteiger partial charge in [-0.3, -0.25) is 5.10 Å². The zero-order valence-electron chi connectivity index (χ0n) is 15.0. The first-order valence-corrected chi connectivity index (χ1v) is 8.88. The molecular weight excluding hydrogens is 314 g/mol. The molecule has 0 aliphatic carbocycles. The Morgan fingerprint density at radius 1 is 1.40 bits per heavy atom. The number of carbonyl (C=O) groups excluding carboxylic acids is 1. The van der Waals surface area contributed by atoms with Gasteiger partial charge >= 0.3 is 6.03 Å². The van der Waals surface area contributed by atoms with Crippen molar-refractivity contribution in [3.05, 3.63) is 53.3 Å². The lowest BCUT2D eigenvalue weighted by Gasteiger charge is -2.20. The zero-order valence-corrected chi connectivity index (χ0v) is 15.0. The van der Waals surface area contributed by atoms with Gasteiger partial charge < -0.3 is 15.1 Å². The molecule has 0 radical (unpaired) electrons. The van der Waals surface area contributed by atoms with Crippen LogP contribution in [0.1, 0.15) is 29.2 Å². The van der Waals surface area contributed by atoms with Crippen LogP contribution in [0.2, 0.25) is 0 Å². The molecule has 0 saturated carbocycles. The second-order valence-electron chi connectivity index (χ2n) is 6.81. The average Bonchev–Trinajstić information content (AvgIpc) is 3.27. The van der Waals surface area contributed by atoms with Crippen molar-refractivity contribution < 1.29 is 4.79 Å². The molecule has 1 unspecified atom stereocenters. The summed E-state index contributed by atoms with van der Waals surface area (Å²) in [5, 5.41) is 9.76. The topological polar surface area (TPSA) is 64.3 Å². The Kier molecular flexibility index (Phi) is 5.71. The lowest BCUT2D eigenvalue weighted by atomic mass is 9.94. The standard InChI is InChI=1S/C19H27N5O/c1-15-5-3-4-6-18(15)16-8-11-24(13-16)12-10-20-19(25)23(2)14-17-7-9-21-22-17/h3-7,9,16H,8,10-14H2,1-2H3,(H,20,25)(H,21,22). The van der Waals surface area contributed by atoms with E-state index >= 15 is 0 Å². The van der Waals surface area contributed by atoms with Gasteiger partial charge in [-0.05, 0) is 43.0 Å². The van der Waals surface area contributed by atoms with Crippen LogP contribution in [0.25, 0.3) is 0 Å². The number of aryl methyl sites for hydroxylation is 1. The Hall–Kier alpha value is -2.34. The van der Waals surface area contributed by atoms with E-state index in [1.165, 1.54) is 17.5 Å². The number of aromatic amines is 1. The van der Waals surface area contributed by atoms with E-state index in [0.717, 1.165) is 25.3 Å². The molecule has 134 valence electrons. The van der Waals surface area contributed by atoms with Crippen LogP contribution in [0.5, 0.6) is 0 Å². The molecule has 2 heterocycles. The maximum Gasteiger partial charge on any atom is 0.317 e. The van der Waals surface area contributed by atoms with Crippen molar-refractivity contribution >= 4 is 6.03 Å². The van der Waals surface area contributed by atoms with E-state index in [1.54, 1.807) is 18.1 Å². The number of H-pyrrole nitrogens is 1. The van der Waals surface area contributed by atoms with Gasteiger partial charge in [-0.15, -0.1) is 0 Å². The van der Waals surface area contributed by atoms with Crippen LogP contribution in [0.15, 0.2) is 36.5 Å². The number of benzene rings is 1. The third-order valence-electron chi connectivity index (χ3n) is 4.92. The van der Waals surface area contributed by atoms with Crippen LogP contribution in [0.3, 0.4) is 0 Å². The summed E-state index contributed by atoms with van der Waals surface area (Å²) in [7, 11) is 1.79. The summed E-state index contributed by atoms with van der Waals surface area (Å²) in [6.45, 7) is 6.46. The van der Waals surface area contributed by atoms with Gasteiger partial charge in [0.05, 0.1) is 12.2 Å². The Balaban J connectivity index is 1.39. The lowest BCUT2D eigenvalue weighted by Crippen LogP contribution is -2.40. The number of rotatable bonds is 6. The van der Waals surface area contributed by atoms with Gasteiger partial charge in [0.1, 0.15) is 0 Å². The van der Waals surface area contributed by atoms with Crippen molar-refractivity contribution in [3.63, 3.8) is 0 Å². The molecule has 2 N–H and O–H groups in total. The number of urea groups is 1. The quantitative estimate of drug-likeness (QED) is 0.848. The van der Waals surface area contributed by atoms with Gasteiger partial charge in [-0.1, -0.05) is 24.3 Å². The van der Waals surface area contributed by atoms with Gasteiger partial charge in [0.25, 0.3) is 0 Å². The maximum absolute atomic E-state index is 12.1. The van der Waals surface area contributed by atoms with Crippen molar-refractivity contribution in [2.75, 3.05) is 33.2 Å². The zero-order chi connectivity index (χ0) is 17.6. The van der Waals surface area contributed by atoms with Gasteiger partial charge in [0, 0.05) is 32.9 Å². The normalized spacial score (nSPS) is 17.6. The molecule has 1 saturated heterocycles. The highest BCUT2D eigenvalue weighted by Gasteiger charge is 2.24. The largest absolute Gasteiger partial charge is 0.337 e. The van der Waals surface area contributed by atoms with Gasteiger partial charge in [0.15, 0.2) is 0 Å². The number of hydrogen-bond donors (Lipinski definition) is 2. The van der Waals surface area contributed by atoms with E-state index in [2.05, 4.69) is 51.6 Å². The summed E-state index contributed by atoms with van der Waals surface area (Å²) in [4.78, 5) is 16.2. The summed E-state index contributed by atoms with van der Waals surface area (Å²) in [6, 6.07) is 10.5. The molecule has 1 aromatic carbocycles. The van der Waals surface area contributed by atoms with Crippen molar-refractivity contribution in [1.29, 1.82) is 0 Å². The van der Waals surface area contributed by atoms with Crippen molar-refractivity contribution in [2.24, 2.45) is 0 Å². The molecule has 1 aromatic heterocycles. The molecule has 0 bridgehead atoms. The minimum atomic E-state index is -0.0516. The molecule has 0 spiro atoms.